The van der Waals surface area contributed by atoms with Crippen LogP contribution in [-0.2, 0) is 6.54 Å². The summed E-state index contributed by atoms with van der Waals surface area (Å²) in [6.07, 6.45) is 3.83. The van der Waals surface area contributed by atoms with Crippen LogP contribution < -0.4 is 5.32 Å². The topological polar surface area (TPSA) is 29.3 Å². The van der Waals surface area contributed by atoms with Crippen molar-refractivity contribution in [3.05, 3.63) is 65.4 Å². The number of benzene rings is 1. The maximum Gasteiger partial charge on any atom is 0.0711 e. The first kappa shape index (κ1) is 11.1. The first-order valence-corrected chi connectivity index (χ1v) is 6.11. The van der Waals surface area contributed by atoms with Crippen molar-refractivity contribution in [2.45, 2.75) is 6.54 Å². The molecule has 0 spiro atoms. The summed E-state index contributed by atoms with van der Waals surface area (Å²) in [5.41, 5.74) is 3.35. The number of pyridine rings is 1. The third kappa shape index (κ3) is 2.17. The van der Waals surface area contributed by atoms with Gasteiger partial charge in [0.1, 0.15) is 0 Å². The van der Waals surface area contributed by atoms with Gasteiger partial charge < -0.3 is 5.32 Å². The number of hydrogen-bond donors (Lipinski definition) is 1. The zero-order valence-corrected chi connectivity index (χ0v) is 10.4. The molecule has 3 nitrogen and oxygen atoms in total. The fourth-order valence-corrected chi connectivity index (χ4v) is 2.01. The van der Waals surface area contributed by atoms with E-state index in [1.807, 2.05) is 53.3 Å². The van der Waals surface area contributed by atoms with Gasteiger partial charge in [-0.1, -0.05) is 17.7 Å². The quantitative estimate of drug-likeness (QED) is 0.777. The Morgan fingerprint density at radius 1 is 1.11 bits per heavy atom. The van der Waals surface area contributed by atoms with Crippen molar-refractivity contribution in [2.24, 2.45) is 0 Å². The molecule has 0 amide bonds. The Morgan fingerprint density at radius 3 is 2.78 bits per heavy atom. The molecule has 2 heterocycles. The van der Waals surface area contributed by atoms with Gasteiger partial charge >= 0.3 is 0 Å². The lowest BCUT2D eigenvalue weighted by atomic mass is 10.2. The third-order valence-electron chi connectivity index (χ3n) is 2.83. The van der Waals surface area contributed by atoms with Crippen LogP contribution in [0.3, 0.4) is 0 Å². The van der Waals surface area contributed by atoms with Crippen LogP contribution in [-0.4, -0.2) is 9.61 Å². The molecule has 4 heteroatoms. The second kappa shape index (κ2) is 4.70. The summed E-state index contributed by atoms with van der Waals surface area (Å²) in [7, 11) is 0. The number of hydrogen-bond acceptors (Lipinski definition) is 2. The van der Waals surface area contributed by atoms with Crippen LogP contribution in [0.25, 0.3) is 5.52 Å². The summed E-state index contributed by atoms with van der Waals surface area (Å²) >= 11 is 5.85. The molecule has 0 aliphatic heterocycles. The number of anilines is 1. The van der Waals surface area contributed by atoms with Gasteiger partial charge in [-0.05, 0) is 36.4 Å². The lowest BCUT2D eigenvalue weighted by molar-refractivity contribution is 0.961. The minimum atomic E-state index is 0.745. The molecule has 2 aromatic heterocycles. The second-order valence-corrected chi connectivity index (χ2v) is 4.50. The van der Waals surface area contributed by atoms with E-state index in [0.29, 0.717) is 0 Å². The average molecular weight is 258 g/mol. The molecule has 0 bridgehead atoms. The Morgan fingerprint density at radius 2 is 1.94 bits per heavy atom. The number of aromatic nitrogens is 2. The Labute approximate surface area is 110 Å². The highest BCUT2D eigenvalue weighted by molar-refractivity contribution is 6.30. The molecule has 0 aliphatic carbocycles. The Balaban J connectivity index is 1.79. The van der Waals surface area contributed by atoms with Gasteiger partial charge in [0.2, 0.25) is 0 Å². The van der Waals surface area contributed by atoms with E-state index >= 15 is 0 Å². The van der Waals surface area contributed by atoms with Crippen LogP contribution in [0.15, 0.2) is 54.9 Å². The predicted molar refractivity (Wildman–Crippen MR) is 74.0 cm³/mol. The van der Waals surface area contributed by atoms with Crippen LogP contribution >= 0.6 is 11.6 Å². The molecule has 90 valence electrons. The van der Waals surface area contributed by atoms with Crippen molar-refractivity contribution in [1.29, 1.82) is 0 Å². The largest absolute Gasteiger partial charge is 0.381 e. The highest BCUT2D eigenvalue weighted by Crippen LogP contribution is 2.16. The van der Waals surface area contributed by atoms with E-state index in [1.54, 1.807) is 0 Å². The zero-order chi connectivity index (χ0) is 12.4. The molecule has 0 fully saturated rings. The van der Waals surface area contributed by atoms with E-state index in [-0.39, 0.29) is 0 Å². The molecule has 1 N–H and O–H groups in total. The highest BCUT2D eigenvalue weighted by atomic mass is 35.5. The van der Waals surface area contributed by atoms with Crippen LogP contribution in [0.2, 0.25) is 5.02 Å². The normalized spacial score (nSPS) is 10.7. The van der Waals surface area contributed by atoms with Crippen LogP contribution in [0.4, 0.5) is 5.69 Å². The van der Waals surface area contributed by atoms with E-state index in [4.69, 9.17) is 11.6 Å². The summed E-state index contributed by atoms with van der Waals surface area (Å²) in [6.45, 7) is 0.745. The molecule has 18 heavy (non-hydrogen) atoms. The van der Waals surface area contributed by atoms with Gasteiger partial charge in [0, 0.05) is 29.0 Å². The van der Waals surface area contributed by atoms with Crippen molar-refractivity contribution in [2.75, 3.05) is 5.32 Å². The molecule has 3 rings (SSSR count). The molecular weight excluding hydrogens is 246 g/mol. The maximum absolute atomic E-state index is 5.85. The van der Waals surface area contributed by atoms with Gasteiger partial charge in [-0.25, -0.2) is 4.52 Å². The van der Waals surface area contributed by atoms with E-state index in [2.05, 4.69) is 16.5 Å². The highest BCUT2D eigenvalue weighted by Gasteiger charge is 2.02. The Hall–Kier alpha value is -2.00. The van der Waals surface area contributed by atoms with E-state index < -0.39 is 0 Å². The van der Waals surface area contributed by atoms with Gasteiger partial charge in [0.25, 0.3) is 0 Å². The molecule has 0 aliphatic rings. The fraction of sp³-hybridized carbons (Fsp3) is 0.0714. The van der Waals surface area contributed by atoms with E-state index in [9.17, 15) is 0 Å². The van der Waals surface area contributed by atoms with Crippen LogP contribution in [0, 0.1) is 0 Å². The smallest absolute Gasteiger partial charge is 0.0711 e. The first-order valence-electron chi connectivity index (χ1n) is 5.73. The lowest BCUT2D eigenvalue weighted by Crippen LogP contribution is -1.98. The van der Waals surface area contributed by atoms with Gasteiger partial charge in [-0.15, -0.1) is 0 Å². The minimum absolute atomic E-state index is 0.745. The van der Waals surface area contributed by atoms with Gasteiger partial charge in [-0.2, -0.15) is 5.10 Å². The van der Waals surface area contributed by atoms with Crippen molar-refractivity contribution >= 4 is 22.8 Å². The number of rotatable bonds is 3. The van der Waals surface area contributed by atoms with Crippen molar-refractivity contribution in [3.8, 4) is 0 Å². The molecular formula is C14H12ClN3. The van der Waals surface area contributed by atoms with Crippen LogP contribution in [0.1, 0.15) is 5.56 Å². The molecule has 0 atom stereocenters. The van der Waals surface area contributed by atoms with Gasteiger partial charge in [-0.3, -0.25) is 0 Å². The SMILES string of the molecule is Clc1ccc(NCc2cnn3ccccc23)cc1. The monoisotopic (exact) mass is 257 g/mol. The number of nitrogens with one attached hydrogen (secondary N) is 1. The molecule has 0 saturated heterocycles. The average Bonchev–Trinajstić information content (AvgIpc) is 2.82. The Kier molecular flexibility index (Phi) is 2.90. The van der Waals surface area contributed by atoms with Gasteiger partial charge in [0.05, 0.1) is 11.7 Å². The van der Waals surface area contributed by atoms with Crippen molar-refractivity contribution in [1.82, 2.24) is 9.61 Å². The standard InChI is InChI=1S/C14H12ClN3/c15-12-4-6-13(7-5-12)16-9-11-10-17-18-8-2-1-3-14(11)18/h1-8,10,16H,9H2. The minimum Gasteiger partial charge on any atom is -0.381 e. The van der Waals surface area contributed by atoms with Gasteiger partial charge in [0.15, 0.2) is 0 Å². The summed E-state index contributed by atoms with van der Waals surface area (Å²) in [6, 6.07) is 13.7. The first-order chi connectivity index (χ1) is 8.83. The summed E-state index contributed by atoms with van der Waals surface area (Å²) in [4.78, 5) is 0. The summed E-state index contributed by atoms with van der Waals surface area (Å²) < 4.78 is 1.87. The Bertz CT molecular complexity index is 658. The zero-order valence-electron chi connectivity index (χ0n) is 9.68. The summed E-state index contributed by atoms with van der Waals surface area (Å²) in [5.74, 6) is 0. The maximum atomic E-state index is 5.85. The molecule has 0 saturated carbocycles. The molecule has 0 unspecified atom stereocenters. The number of nitrogens with zero attached hydrogens (tertiary/aromatic N) is 2. The van der Waals surface area contributed by atoms with E-state index in [1.165, 1.54) is 5.56 Å². The van der Waals surface area contributed by atoms with Crippen LogP contribution in [0.5, 0.6) is 0 Å². The number of halogens is 1. The predicted octanol–water partition coefficient (Wildman–Crippen LogP) is 3.60. The number of fused-ring (bicyclic) bond motifs is 1. The van der Waals surface area contributed by atoms with Crippen molar-refractivity contribution in [3.63, 3.8) is 0 Å². The second-order valence-electron chi connectivity index (χ2n) is 4.06. The van der Waals surface area contributed by atoms with E-state index in [0.717, 1.165) is 22.8 Å². The molecule has 0 radical (unpaired) electrons. The molecule has 3 aromatic rings. The summed E-state index contributed by atoms with van der Waals surface area (Å²) in [5, 5.41) is 8.40. The third-order valence-corrected chi connectivity index (χ3v) is 3.09. The molecule has 1 aromatic carbocycles. The van der Waals surface area contributed by atoms with Crippen molar-refractivity contribution < 1.29 is 0 Å². The fourth-order valence-electron chi connectivity index (χ4n) is 1.89. The lowest BCUT2D eigenvalue weighted by Gasteiger charge is -2.05.